The average Bonchev–Trinajstić information content (AvgIpc) is 3.39. The van der Waals surface area contributed by atoms with E-state index in [0.29, 0.717) is 10.1 Å². The summed E-state index contributed by atoms with van der Waals surface area (Å²) in [7, 11) is 3.34. The summed E-state index contributed by atoms with van der Waals surface area (Å²) in [6.07, 6.45) is 1.81. The topological polar surface area (TPSA) is 51.5 Å². The van der Waals surface area contributed by atoms with Gasteiger partial charge in [-0.3, -0.25) is 4.98 Å². The maximum Gasteiger partial charge on any atom is 0.174 e. The zero-order chi connectivity index (χ0) is 25.4. The SMILES string of the molecule is COc1cccc(N2C(=S)NC(c3ccccn3)C2c2cc(C)n(-c3cc(Cl)ccc3OC)c2C)c1. The van der Waals surface area contributed by atoms with Gasteiger partial charge in [0, 0.05) is 34.4 Å². The Morgan fingerprint density at radius 3 is 2.53 bits per heavy atom. The molecule has 1 saturated heterocycles. The molecule has 0 saturated carbocycles. The molecule has 0 aliphatic carbocycles. The Morgan fingerprint density at radius 2 is 1.81 bits per heavy atom. The molecule has 2 unspecified atom stereocenters. The summed E-state index contributed by atoms with van der Waals surface area (Å²) in [6, 6.07) is 21.5. The number of pyridine rings is 1. The number of halogens is 1. The molecule has 184 valence electrons. The van der Waals surface area contributed by atoms with Crippen molar-refractivity contribution in [1.82, 2.24) is 14.9 Å². The van der Waals surface area contributed by atoms with Crippen LogP contribution in [-0.4, -0.2) is 28.9 Å². The molecule has 1 aliphatic heterocycles. The molecule has 36 heavy (non-hydrogen) atoms. The molecule has 0 amide bonds. The van der Waals surface area contributed by atoms with E-state index in [9.17, 15) is 0 Å². The molecule has 4 aromatic rings. The van der Waals surface area contributed by atoms with Gasteiger partial charge in [0.05, 0.1) is 37.7 Å². The number of anilines is 1. The minimum Gasteiger partial charge on any atom is -0.497 e. The number of nitrogens with zero attached hydrogens (tertiary/aromatic N) is 3. The molecule has 0 bridgehead atoms. The number of aromatic nitrogens is 2. The van der Waals surface area contributed by atoms with Crippen molar-refractivity contribution >= 4 is 34.6 Å². The number of benzene rings is 2. The molecule has 3 heterocycles. The molecule has 1 aliphatic rings. The zero-order valence-corrected chi connectivity index (χ0v) is 22.1. The van der Waals surface area contributed by atoms with Gasteiger partial charge in [-0.1, -0.05) is 23.7 Å². The van der Waals surface area contributed by atoms with Crippen molar-refractivity contribution in [2.45, 2.75) is 25.9 Å². The van der Waals surface area contributed by atoms with Gasteiger partial charge in [-0.15, -0.1) is 0 Å². The fourth-order valence-corrected chi connectivity index (χ4v) is 5.52. The molecular weight excluding hydrogens is 492 g/mol. The van der Waals surface area contributed by atoms with Crippen LogP contribution in [0, 0.1) is 13.8 Å². The van der Waals surface area contributed by atoms with Crippen LogP contribution < -0.4 is 19.7 Å². The van der Waals surface area contributed by atoms with Crippen LogP contribution in [0.15, 0.2) is 72.9 Å². The van der Waals surface area contributed by atoms with Crippen molar-refractivity contribution in [3.05, 3.63) is 101 Å². The highest BCUT2D eigenvalue weighted by atomic mass is 35.5. The Hall–Kier alpha value is -3.55. The van der Waals surface area contributed by atoms with E-state index < -0.39 is 0 Å². The Morgan fingerprint density at radius 1 is 0.972 bits per heavy atom. The van der Waals surface area contributed by atoms with Crippen LogP contribution in [0.5, 0.6) is 11.5 Å². The highest BCUT2D eigenvalue weighted by Gasteiger charge is 2.42. The lowest BCUT2D eigenvalue weighted by molar-refractivity contribution is 0.412. The molecule has 2 atom stereocenters. The van der Waals surface area contributed by atoms with Crippen molar-refractivity contribution in [1.29, 1.82) is 0 Å². The van der Waals surface area contributed by atoms with Crippen LogP contribution in [0.4, 0.5) is 5.69 Å². The third-order valence-corrected chi connectivity index (χ3v) is 7.15. The zero-order valence-electron chi connectivity index (χ0n) is 20.5. The fourth-order valence-electron chi connectivity index (χ4n) is 5.00. The molecule has 6 nitrogen and oxygen atoms in total. The van der Waals surface area contributed by atoms with E-state index in [4.69, 9.17) is 33.3 Å². The van der Waals surface area contributed by atoms with E-state index in [1.165, 1.54) is 0 Å². The van der Waals surface area contributed by atoms with Gasteiger partial charge in [-0.25, -0.2) is 0 Å². The van der Waals surface area contributed by atoms with Crippen LogP contribution >= 0.6 is 23.8 Å². The standard InChI is InChI=1S/C28H27ClN4O2S/c1-17-14-22(18(2)32(17)24-15-19(29)11-12-25(24)35-4)27-26(23-10-5-6-13-30-23)31-28(36)33(27)20-8-7-9-21(16-20)34-3/h5-16,26-27H,1-4H3,(H,31,36). The predicted octanol–water partition coefficient (Wildman–Crippen LogP) is 6.34. The minimum atomic E-state index is -0.153. The fraction of sp³-hybridized carbons (Fsp3) is 0.214. The number of hydrogen-bond acceptors (Lipinski definition) is 4. The van der Waals surface area contributed by atoms with Gasteiger partial charge in [-0.2, -0.15) is 0 Å². The molecule has 0 radical (unpaired) electrons. The Balaban J connectivity index is 1.70. The molecule has 2 aromatic carbocycles. The van der Waals surface area contributed by atoms with Crippen LogP contribution in [-0.2, 0) is 0 Å². The lowest BCUT2D eigenvalue weighted by Gasteiger charge is -2.28. The summed E-state index contributed by atoms with van der Waals surface area (Å²) in [4.78, 5) is 6.82. The first kappa shape index (κ1) is 24.2. The summed E-state index contributed by atoms with van der Waals surface area (Å²) in [5.74, 6) is 1.52. The van der Waals surface area contributed by atoms with Gasteiger partial charge in [-0.05, 0) is 80.2 Å². The predicted molar refractivity (Wildman–Crippen MR) is 148 cm³/mol. The number of rotatable bonds is 6. The summed E-state index contributed by atoms with van der Waals surface area (Å²) in [6.45, 7) is 4.20. The van der Waals surface area contributed by atoms with Gasteiger partial charge >= 0.3 is 0 Å². The van der Waals surface area contributed by atoms with E-state index in [0.717, 1.165) is 45.5 Å². The Kier molecular flexibility index (Phi) is 6.60. The highest BCUT2D eigenvalue weighted by molar-refractivity contribution is 7.80. The lowest BCUT2D eigenvalue weighted by Crippen LogP contribution is -2.29. The van der Waals surface area contributed by atoms with Crippen molar-refractivity contribution < 1.29 is 9.47 Å². The van der Waals surface area contributed by atoms with Crippen LogP contribution in [0.3, 0.4) is 0 Å². The quantitative estimate of drug-likeness (QED) is 0.301. The minimum absolute atomic E-state index is 0.148. The maximum atomic E-state index is 6.39. The molecule has 1 fully saturated rings. The Labute approximate surface area is 221 Å². The number of thiocarbonyl (C=S) groups is 1. The molecule has 1 N–H and O–H groups in total. The largest absolute Gasteiger partial charge is 0.497 e. The third-order valence-electron chi connectivity index (χ3n) is 6.60. The molecule has 5 rings (SSSR count). The number of aryl methyl sites for hydroxylation is 1. The summed E-state index contributed by atoms with van der Waals surface area (Å²) >= 11 is 12.3. The normalized spacial score (nSPS) is 17.2. The maximum absolute atomic E-state index is 6.39. The summed E-state index contributed by atoms with van der Waals surface area (Å²) in [5, 5.41) is 4.81. The first-order valence-corrected chi connectivity index (χ1v) is 12.4. The monoisotopic (exact) mass is 518 g/mol. The molecule has 8 heteroatoms. The van der Waals surface area contributed by atoms with E-state index in [1.807, 2.05) is 66.9 Å². The first-order chi connectivity index (χ1) is 17.4. The van der Waals surface area contributed by atoms with Gasteiger partial charge in [0.15, 0.2) is 5.11 Å². The second-order valence-electron chi connectivity index (χ2n) is 8.68. The van der Waals surface area contributed by atoms with Crippen LogP contribution in [0.25, 0.3) is 5.69 Å². The van der Waals surface area contributed by atoms with Crippen LogP contribution in [0.1, 0.15) is 34.7 Å². The third kappa shape index (κ3) is 4.18. The first-order valence-electron chi connectivity index (χ1n) is 11.6. The van der Waals surface area contributed by atoms with Crippen LogP contribution in [0.2, 0.25) is 5.02 Å². The summed E-state index contributed by atoms with van der Waals surface area (Å²) in [5.41, 5.74) is 6.01. The molecular formula is C28H27ClN4O2S. The number of ether oxygens (including phenoxy) is 2. The van der Waals surface area contributed by atoms with E-state index >= 15 is 0 Å². The van der Waals surface area contributed by atoms with Gasteiger partial charge in [0.25, 0.3) is 0 Å². The van der Waals surface area contributed by atoms with E-state index in [2.05, 4.69) is 39.7 Å². The van der Waals surface area contributed by atoms with E-state index in [-0.39, 0.29) is 12.1 Å². The average molecular weight is 519 g/mol. The van der Waals surface area contributed by atoms with Gasteiger partial charge in [0.2, 0.25) is 0 Å². The number of nitrogens with one attached hydrogen (secondary N) is 1. The molecule has 0 spiro atoms. The lowest BCUT2D eigenvalue weighted by atomic mass is 9.96. The smallest absolute Gasteiger partial charge is 0.174 e. The second-order valence-corrected chi connectivity index (χ2v) is 9.50. The van der Waals surface area contributed by atoms with Gasteiger partial charge in [0.1, 0.15) is 11.5 Å². The highest BCUT2D eigenvalue weighted by Crippen LogP contribution is 2.44. The second kappa shape index (κ2) is 9.84. The Bertz CT molecular complexity index is 1420. The summed E-state index contributed by atoms with van der Waals surface area (Å²) < 4.78 is 13.4. The van der Waals surface area contributed by atoms with E-state index in [1.54, 1.807) is 14.2 Å². The van der Waals surface area contributed by atoms with Crippen molar-refractivity contribution in [2.24, 2.45) is 0 Å². The van der Waals surface area contributed by atoms with Crippen molar-refractivity contribution in [2.75, 3.05) is 19.1 Å². The van der Waals surface area contributed by atoms with Crippen molar-refractivity contribution in [3.8, 4) is 17.2 Å². The van der Waals surface area contributed by atoms with Gasteiger partial charge < -0.3 is 24.3 Å². The number of hydrogen-bond donors (Lipinski definition) is 1. The number of methoxy groups -OCH3 is 2. The van der Waals surface area contributed by atoms with Crippen molar-refractivity contribution in [3.63, 3.8) is 0 Å². The molecule has 2 aromatic heterocycles.